The van der Waals surface area contributed by atoms with Crippen molar-refractivity contribution in [2.45, 2.75) is 26.7 Å². The van der Waals surface area contributed by atoms with E-state index in [0.29, 0.717) is 12.2 Å². The zero-order valence-electron chi connectivity index (χ0n) is 14.8. The number of rotatable bonds is 6. The highest BCUT2D eigenvalue weighted by Gasteiger charge is 2.22. The van der Waals surface area contributed by atoms with E-state index in [2.05, 4.69) is 11.9 Å². The second-order valence-corrected chi connectivity index (χ2v) is 5.75. The normalized spacial score (nSPS) is 10.8. The number of amides is 1. The van der Waals surface area contributed by atoms with Crippen LogP contribution in [-0.2, 0) is 6.42 Å². The molecule has 0 saturated carbocycles. The molecule has 6 nitrogen and oxygen atoms in total. The van der Waals surface area contributed by atoms with Gasteiger partial charge in [0.05, 0.1) is 12.3 Å². The minimum atomic E-state index is -0.0984. The average molecular weight is 338 g/mol. The predicted molar refractivity (Wildman–Crippen MR) is 97.3 cm³/mol. The summed E-state index contributed by atoms with van der Waals surface area (Å²) in [7, 11) is 1.77. The summed E-state index contributed by atoms with van der Waals surface area (Å²) in [6, 6.07) is 7.24. The van der Waals surface area contributed by atoms with Gasteiger partial charge in [0.1, 0.15) is 5.82 Å². The summed E-state index contributed by atoms with van der Waals surface area (Å²) in [5.74, 6) is 1.40. The van der Waals surface area contributed by atoms with E-state index in [9.17, 15) is 4.79 Å². The lowest BCUT2D eigenvalue weighted by molar-refractivity contribution is 0.0992. The van der Waals surface area contributed by atoms with Crippen LogP contribution in [0.2, 0.25) is 0 Å². The van der Waals surface area contributed by atoms with E-state index in [0.717, 1.165) is 35.8 Å². The molecule has 0 aliphatic rings. The molecule has 0 unspecified atom stereocenters. The number of ether oxygens (including phenoxy) is 1. The molecule has 0 atom stereocenters. The van der Waals surface area contributed by atoms with E-state index in [1.807, 2.05) is 29.7 Å². The highest BCUT2D eigenvalue weighted by atomic mass is 16.5. The number of aryl methyl sites for hydroxylation is 1. The molecular weight excluding hydrogens is 316 g/mol. The number of aromatic nitrogens is 3. The van der Waals surface area contributed by atoms with Gasteiger partial charge >= 0.3 is 0 Å². The van der Waals surface area contributed by atoms with E-state index in [-0.39, 0.29) is 5.91 Å². The fourth-order valence-electron chi connectivity index (χ4n) is 2.78. The number of nitrogens with zero attached hydrogens (tertiary/aromatic N) is 4. The van der Waals surface area contributed by atoms with Crippen molar-refractivity contribution in [1.29, 1.82) is 0 Å². The van der Waals surface area contributed by atoms with Crippen LogP contribution in [0.25, 0.3) is 5.65 Å². The maximum absolute atomic E-state index is 12.8. The van der Waals surface area contributed by atoms with Crippen molar-refractivity contribution in [1.82, 2.24) is 14.4 Å². The summed E-state index contributed by atoms with van der Waals surface area (Å²) in [6.45, 7) is 4.73. The van der Waals surface area contributed by atoms with Gasteiger partial charge in [-0.05, 0) is 37.1 Å². The topological polar surface area (TPSA) is 59.7 Å². The van der Waals surface area contributed by atoms with Crippen LogP contribution in [0.1, 0.15) is 36.3 Å². The van der Waals surface area contributed by atoms with Gasteiger partial charge in [-0.25, -0.2) is 4.98 Å². The minimum absolute atomic E-state index is 0.0984. The van der Waals surface area contributed by atoms with Crippen molar-refractivity contribution in [3.05, 3.63) is 54.1 Å². The first-order valence-corrected chi connectivity index (χ1v) is 8.48. The maximum atomic E-state index is 12.8. The molecule has 3 heterocycles. The van der Waals surface area contributed by atoms with Gasteiger partial charge in [0.2, 0.25) is 0 Å². The number of hydrogen-bond donors (Lipinski definition) is 0. The second kappa shape index (κ2) is 7.34. The number of hydrogen-bond acceptors (Lipinski definition) is 4. The Morgan fingerprint density at radius 1 is 1.24 bits per heavy atom. The van der Waals surface area contributed by atoms with Gasteiger partial charge in [-0.15, -0.1) is 0 Å². The Bertz CT molecular complexity index is 874. The van der Waals surface area contributed by atoms with Gasteiger partial charge in [0.15, 0.2) is 11.4 Å². The molecular formula is C19H22N4O2. The second-order valence-electron chi connectivity index (χ2n) is 5.75. The third-order valence-corrected chi connectivity index (χ3v) is 4.00. The number of pyridine rings is 2. The lowest BCUT2D eigenvalue weighted by Gasteiger charge is -2.18. The Balaban J connectivity index is 2.07. The van der Waals surface area contributed by atoms with E-state index in [1.54, 1.807) is 36.5 Å². The number of carbonyl (C=O) groups excluding carboxylic acids is 1. The van der Waals surface area contributed by atoms with Crippen LogP contribution in [0.3, 0.4) is 0 Å². The predicted octanol–water partition coefficient (Wildman–Crippen LogP) is 3.36. The van der Waals surface area contributed by atoms with Crippen molar-refractivity contribution >= 4 is 17.4 Å². The van der Waals surface area contributed by atoms with Crippen LogP contribution < -0.4 is 9.64 Å². The monoisotopic (exact) mass is 338 g/mol. The molecule has 3 aromatic rings. The van der Waals surface area contributed by atoms with Crippen molar-refractivity contribution in [2.24, 2.45) is 0 Å². The number of carbonyl (C=O) groups is 1. The lowest BCUT2D eigenvalue weighted by Crippen LogP contribution is -2.28. The van der Waals surface area contributed by atoms with E-state index < -0.39 is 0 Å². The van der Waals surface area contributed by atoms with Crippen LogP contribution in [-0.4, -0.2) is 33.9 Å². The first kappa shape index (κ1) is 17.0. The van der Waals surface area contributed by atoms with Crippen LogP contribution in [0.15, 0.2) is 42.9 Å². The SMILES string of the molecule is CCCOc1cccn2c(N(C)C(=O)c3ccncc3)c(CC)nc12. The van der Waals surface area contributed by atoms with E-state index >= 15 is 0 Å². The fraction of sp³-hybridized carbons (Fsp3) is 0.316. The van der Waals surface area contributed by atoms with Gasteiger partial charge in [-0.2, -0.15) is 0 Å². The molecule has 25 heavy (non-hydrogen) atoms. The lowest BCUT2D eigenvalue weighted by atomic mass is 10.2. The fourth-order valence-corrected chi connectivity index (χ4v) is 2.78. The molecule has 3 aromatic heterocycles. The molecule has 0 aromatic carbocycles. The van der Waals surface area contributed by atoms with Gasteiger partial charge in [0, 0.05) is 31.2 Å². The smallest absolute Gasteiger partial charge is 0.259 e. The number of fused-ring (bicyclic) bond motifs is 1. The summed E-state index contributed by atoms with van der Waals surface area (Å²) in [5.41, 5.74) is 2.18. The Hall–Kier alpha value is -2.89. The minimum Gasteiger partial charge on any atom is -0.490 e. The molecule has 0 N–H and O–H groups in total. The Kier molecular flexibility index (Phi) is 4.97. The maximum Gasteiger partial charge on any atom is 0.259 e. The van der Waals surface area contributed by atoms with Gasteiger partial charge in [0.25, 0.3) is 5.91 Å². The summed E-state index contributed by atoms with van der Waals surface area (Å²) in [6.07, 6.45) is 6.79. The summed E-state index contributed by atoms with van der Waals surface area (Å²) < 4.78 is 7.73. The first-order chi connectivity index (χ1) is 12.2. The first-order valence-electron chi connectivity index (χ1n) is 8.48. The zero-order valence-corrected chi connectivity index (χ0v) is 14.8. The molecule has 0 aliphatic heterocycles. The van der Waals surface area contributed by atoms with Gasteiger partial charge in [-0.1, -0.05) is 13.8 Å². The molecule has 130 valence electrons. The summed E-state index contributed by atoms with van der Waals surface area (Å²) >= 11 is 0. The van der Waals surface area contributed by atoms with Crippen molar-refractivity contribution in [3.8, 4) is 5.75 Å². The Morgan fingerprint density at radius 3 is 2.68 bits per heavy atom. The molecule has 0 fully saturated rings. The van der Waals surface area contributed by atoms with Gasteiger partial charge in [-0.3, -0.25) is 19.1 Å². The Morgan fingerprint density at radius 2 is 2.00 bits per heavy atom. The van der Waals surface area contributed by atoms with Gasteiger partial charge < -0.3 is 4.74 Å². The van der Waals surface area contributed by atoms with Crippen molar-refractivity contribution < 1.29 is 9.53 Å². The number of anilines is 1. The van der Waals surface area contributed by atoms with Crippen LogP contribution in [0.4, 0.5) is 5.82 Å². The number of imidazole rings is 1. The van der Waals surface area contributed by atoms with Crippen LogP contribution >= 0.6 is 0 Å². The standard InChI is InChI=1S/C19H22N4O2/c1-4-13-25-16-7-6-12-23-17(16)21-15(5-2)18(23)22(3)19(24)14-8-10-20-11-9-14/h6-12H,4-5,13H2,1-3H3. The van der Waals surface area contributed by atoms with Crippen LogP contribution in [0, 0.1) is 0 Å². The third-order valence-electron chi connectivity index (χ3n) is 4.00. The molecule has 0 bridgehead atoms. The molecule has 0 saturated heterocycles. The molecule has 0 aliphatic carbocycles. The largest absolute Gasteiger partial charge is 0.490 e. The van der Waals surface area contributed by atoms with E-state index in [1.165, 1.54) is 0 Å². The third kappa shape index (κ3) is 3.20. The summed E-state index contributed by atoms with van der Waals surface area (Å²) in [4.78, 5) is 23.2. The van der Waals surface area contributed by atoms with Crippen molar-refractivity contribution in [3.63, 3.8) is 0 Å². The molecule has 0 spiro atoms. The molecule has 6 heteroatoms. The van der Waals surface area contributed by atoms with E-state index in [4.69, 9.17) is 9.72 Å². The zero-order chi connectivity index (χ0) is 17.8. The highest BCUT2D eigenvalue weighted by Crippen LogP contribution is 2.28. The quantitative estimate of drug-likeness (QED) is 0.691. The molecule has 1 amide bonds. The van der Waals surface area contributed by atoms with Crippen LogP contribution in [0.5, 0.6) is 5.75 Å². The molecule has 3 rings (SSSR count). The molecule has 0 radical (unpaired) electrons. The van der Waals surface area contributed by atoms with Crippen molar-refractivity contribution in [2.75, 3.05) is 18.6 Å². The highest BCUT2D eigenvalue weighted by molar-refractivity contribution is 6.05. The average Bonchev–Trinajstić information content (AvgIpc) is 3.05. The Labute approximate surface area is 147 Å². The summed E-state index contributed by atoms with van der Waals surface area (Å²) in [5, 5.41) is 0.